The summed E-state index contributed by atoms with van der Waals surface area (Å²) in [6.07, 6.45) is 1.81. The molecule has 2 N–H and O–H groups in total. The summed E-state index contributed by atoms with van der Waals surface area (Å²) in [4.78, 5) is 18.6. The lowest BCUT2D eigenvalue weighted by Crippen LogP contribution is -2.46. The van der Waals surface area contributed by atoms with Crippen LogP contribution in [0.2, 0.25) is 0 Å². The van der Waals surface area contributed by atoms with Crippen LogP contribution in [0.1, 0.15) is 31.7 Å². The van der Waals surface area contributed by atoms with Gasteiger partial charge in [0.1, 0.15) is 11.6 Å². The first-order valence-electron chi connectivity index (χ1n) is 9.02. The standard InChI is InChI=1S/C20H25N3O3/c1-3-16-20(24)23(19-17(26-16)9-10-18(21)22-19)11-4-5-12-25-15-8-6-7-14(2)13-15/h6-10,13,16H,3-5,11-12H2,1-2H3,(H2,21,22). The van der Waals surface area contributed by atoms with Gasteiger partial charge in [0.05, 0.1) is 6.61 Å². The zero-order valence-electron chi connectivity index (χ0n) is 15.3. The summed E-state index contributed by atoms with van der Waals surface area (Å²) in [5.41, 5.74) is 6.96. The van der Waals surface area contributed by atoms with Gasteiger partial charge in [-0.15, -0.1) is 0 Å². The van der Waals surface area contributed by atoms with Gasteiger partial charge in [0, 0.05) is 6.54 Å². The molecule has 2 aromatic rings. The number of aryl methyl sites for hydroxylation is 1. The lowest BCUT2D eigenvalue weighted by atomic mass is 10.1. The third-order valence-electron chi connectivity index (χ3n) is 4.33. The first-order chi connectivity index (χ1) is 12.6. The lowest BCUT2D eigenvalue weighted by molar-refractivity contribution is -0.126. The molecule has 1 aliphatic heterocycles. The van der Waals surface area contributed by atoms with Crippen LogP contribution >= 0.6 is 0 Å². The molecule has 1 amide bonds. The zero-order chi connectivity index (χ0) is 18.5. The molecule has 6 heteroatoms. The maximum absolute atomic E-state index is 12.6. The van der Waals surface area contributed by atoms with Gasteiger partial charge in [-0.1, -0.05) is 19.1 Å². The van der Waals surface area contributed by atoms with Crippen molar-refractivity contribution in [3.63, 3.8) is 0 Å². The van der Waals surface area contributed by atoms with Gasteiger partial charge in [-0.2, -0.15) is 0 Å². The summed E-state index contributed by atoms with van der Waals surface area (Å²) in [6.45, 7) is 5.15. The highest BCUT2D eigenvalue weighted by Gasteiger charge is 2.34. The quantitative estimate of drug-likeness (QED) is 0.771. The molecule has 1 aliphatic rings. The van der Waals surface area contributed by atoms with Crippen molar-refractivity contribution in [2.45, 2.75) is 39.2 Å². The molecule has 1 aromatic heterocycles. The maximum atomic E-state index is 12.6. The smallest absolute Gasteiger partial charge is 0.269 e. The summed E-state index contributed by atoms with van der Waals surface area (Å²) in [6, 6.07) is 11.5. The third-order valence-corrected chi connectivity index (χ3v) is 4.33. The molecule has 6 nitrogen and oxygen atoms in total. The number of anilines is 2. The number of hydrogen-bond donors (Lipinski definition) is 1. The van der Waals surface area contributed by atoms with Crippen LogP contribution in [-0.2, 0) is 4.79 Å². The minimum Gasteiger partial charge on any atom is -0.494 e. The summed E-state index contributed by atoms with van der Waals surface area (Å²) in [5.74, 6) is 2.32. The number of benzene rings is 1. The fraction of sp³-hybridized carbons (Fsp3) is 0.400. The highest BCUT2D eigenvalue weighted by Crippen LogP contribution is 2.33. The Bertz CT molecular complexity index is 779. The Morgan fingerprint density at radius 2 is 2.12 bits per heavy atom. The fourth-order valence-corrected chi connectivity index (χ4v) is 2.96. The van der Waals surface area contributed by atoms with Gasteiger partial charge in [-0.3, -0.25) is 9.69 Å². The number of ether oxygens (including phenoxy) is 2. The highest BCUT2D eigenvalue weighted by molar-refractivity contribution is 5.99. The van der Waals surface area contributed by atoms with E-state index in [0.29, 0.717) is 37.0 Å². The van der Waals surface area contributed by atoms with Crippen molar-refractivity contribution in [2.24, 2.45) is 0 Å². The van der Waals surface area contributed by atoms with Gasteiger partial charge in [0.25, 0.3) is 5.91 Å². The number of rotatable bonds is 7. The lowest BCUT2D eigenvalue weighted by Gasteiger charge is -2.33. The summed E-state index contributed by atoms with van der Waals surface area (Å²) in [5, 5.41) is 0. The molecule has 3 rings (SSSR count). The van der Waals surface area contributed by atoms with E-state index in [1.807, 2.05) is 38.1 Å². The van der Waals surface area contributed by atoms with Gasteiger partial charge in [-0.05, 0) is 56.0 Å². The molecule has 26 heavy (non-hydrogen) atoms. The van der Waals surface area contributed by atoms with E-state index in [9.17, 15) is 4.79 Å². The molecule has 1 unspecified atom stereocenters. The highest BCUT2D eigenvalue weighted by atomic mass is 16.5. The van der Waals surface area contributed by atoms with Gasteiger partial charge < -0.3 is 15.2 Å². The number of nitrogen functional groups attached to an aromatic ring is 1. The topological polar surface area (TPSA) is 77.7 Å². The molecule has 0 spiro atoms. The largest absolute Gasteiger partial charge is 0.494 e. The molecule has 1 atom stereocenters. The first kappa shape index (κ1) is 18.0. The van der Waals surface area contributed by atoms with Crippen molar-refractivity contribution in [3.8, 4) is 11.5 Å². The third kappa shape index (κ3) is 4.07. The molecule has 0 saturated carbocycles. The Morgan fingerprint density at radius 3 is 2.88 bits per heavy atom. The van der Waals surface area contributed by atoms with E-state index in [1.165, 1.54) is 5.56 Å². The van der Waals surface area contributed by atoms with Gasteiger partial charge in [0.2, 0.25) is 0 Å². The normalized spacial score (nSPS) is 16.2. The number of nitrogens with zero attached hydrogens (tertiary/aromatic N) is 2. The average molecular weight is 355 g/mol. The van der Waals surface area contributed by atoms with Crippen LogP contribution in [0.3, 0.4) is 0 Å². The Hall–Kier alpha value is -2.76. The molecule has 0 radical (unpaired) electrons. The van der Waals surface area contributed by atoms with E-state index in [-0.39, 0.29) is 5.91 Å². The second kappa shape index (κ2) is 8.08. The minimum absolute atomic E-state index is 0.0577. The first-order valence-corrected chi connectivity index (χ1v) is 9.02. The van der Waals surface area contributed by atoms with Crippen molar-refractivity contribution >= 4 is 17.5 Å². The molecule has 0 fully saturated rings. The van der Waals surface area contributed by atoms with Crippen LogP contribution < -0.4 is 20.1 Å². The van der Waals surface area contributed by atoms with E-state index in [4.69, 9.17) is 15.2 Å². The number of nitrogens with two attached hydrogens (primary N) is 1. The summed E-state index contributed by atoms with van der Waals surface area (Å²) >= 11 is 0. The predicted octanol–water partition coefficient (Wildman–Crippen LogP) is 3.34. The summed E-state index contributed by atoms with van der Waals surface area (Å²) in [7, 11) is 0. The van der Waals surface area contributed by atoms with Crippen LogP contribution in [0, 0.1) is 6.92 Å². The number of unbranched alkanes of at least 4 members (excludes halogenated alkanes) is 1. The number of fused-ring (bicyclic) bond motifs is 1. The van der Waals surface area contributed by atoms with Crippen molar-refractivity contribution in [3.05, 3.63) is 42.0 Å². The molecular formula is C20H25N3O3. The van der Waals surface area contributed by atoms with E-state index in [2.05, 4.69) is 4.98 Å². The molecule has 138 valence electrons. The van der Waals surface area contributed by atoms with Crippen LogP contribution in [0.25, 0.3) is 0 Å². The van der Waals surface area contributed by atoms with Gasteiger partial charge in [0.15, 0.2) is 17.7 Å². The Morgan fingerprint density at radius 1 is 1.27 bits per heavy atom. The maximum Gasteiger partial charge on any atom is 0.269 e. The molecule has 2 heterocycles. The Kier molecular flexibility index (Phi) is 5.61. The zero-order valence-corrected chi connectivity index (χ0v) is 15.3. The minimum atomic E-state index is -0.462. The monoisotopic (exact) mass is 355 g/mol. The molecule has 0 bridgehead atoms. The van der Waals surface area contributed by atoms with Crippen LogP contribution in [0.5, 0.6) is 11.5 Å². The molecule has 0 aliphatic carbocycles. The number of carbonyl (C=O) groups is 1. The van der Waals surface area contributed by atoms with Crippen LogP contribution in [-0.4, -0.2) is 30.1 Å². The van der Waals surface area contributed by atoms with E-state index < -0.39 is 6.10 Å². The Balaban J connectivity index is 1.58. The van der Waals surface area contributed by atoms with E-state index >= 15 is 0 Å². The Labute approximate surface area is 153 Å². The van der Waals surface area contributed by atoms with Gasteiger partial charge in [-0.25, -0.2) is 4.98 Å². The van der Waals surface area contributed by atoms with Crippen molar-refractivity contribution < 1.29 is 14.3 Å². The number of amides is 1. The number of carbonyl (C=O) groups excluding carboxylic acids is 1. The second-order valence-corrected chi connectivity index (χ2v) is 6.43. The van der Waals surface area contributed by atoms with Crippen molar-refractivity contribution in [2.75, 3.05) is 23.8 Å². The fourth-order valence-electron chi connectivity index (χ4n) is 2.96. The SMILES string of the molecule is CCC1Oc2ccc(N)nc2N(CCCCOc2cccc(C)c2)C1=O. The van der Waals surface area contributed by atoms with Crippen LogP contribution in [0.15, 0.2) is 36.4 Å². The number of hydrogen-bond acceptors (Lipinski definition) is 5. The molecule has 1 aromatic carbocycles. The van der Waals surface area contributed by atoms with Crippen molar-refractivity contribution in [1.29, 1.82) is 0 Å². The second-order valence-electron chi connectivity index (χ2n) is 6.43. The van der Waals surface area contributed by atoms with E-state index in [1.54, 1.807) is 17.0 Å². The summed E-state index contributed by atoms with van der Waals surface area (Å²) < 4.78 is 11.5. The van der Waals surface area contributed by atoms with Crippen LogP contribution in [0.4, 0.5) is 11.6 Å². The predicted molar refractivity (Wildman–Crippen MR) is 102 cm³/mol. The average Bonchev–Trinajstić information content (AvgIpc) is 2.63. The molecular weight excluding hydrogens is 330 g/mol. The molecule has 0 saturated heterocycles. The van der Waals surface area contributed by atoms with Gasteiger partial charge >= 0.3 is 0 Å². The van der Waals surface area contributed by atoms with E-state index in [0.717, 1.165) is 18.6 Å². The number of aromatic nitrogens is 1. The number of pyridine rings is 1. The van der Waals surface area contributed by atoms with Crippen molar-refractivity contribution in [1.82, 2.24) is 4.98 Å².